The quantitative estimate of drug-likeness (QED) is 0.443. The summed E-state index contributed by atoms with van der Waals surface area (Å²) in [6.45, 7) is 0. The maximum absolute atomic E-state index is 10.8. The Hall–Kier alpha value is -3.14. The molecule has 0 radical (unpaired) electrons. The Balaban J connectivity index is 2.08. The van der Waals surface area contributed by atoms with Gasteiger partial charge in [0.25, 0.3) is 0 Å². The van der Waals surface area contributed by atoms with Gasteiger partial charge in [0.05, 0.1) is 22.5 Å². The van der Waals surface area contributed by atoms with Crippen LogP contribution in [0.25, 0.3) is 21.5 Å². The fourth-order valence-corrected chi connectivity index (χ4v) is 3.14. The first-order valence-corrected chi connectivity index (χ1v) is 7.85. The number of nitrogens with one attached hydrogen (secondary N) is 1. The van der Waals surface area contributed by atoms with Gasteiger partial charge in [-0.2, -0.15) is 0 Å². The number of aromatic hydroxyl groups is 2. The second kappa shape index (κ2) is 5.49. The molecule has 0 heterocycles. The standard InChI is InChI=1S/C20H16N2O2/c21-15-9-3-4-10-16(15)22-17-11-5-8-14-18(17)20(24)13-7-2-1-6-12(13)19(14)23/h1-2,4-8,10-11,21,23-24H,3,9H2. The molecule has 0 saturated heterocycles. The van der Waals surface area contributed by atoms with Gasteiger partial charge >= 0.3 is 0 Å². The lowest BCUT2D eigenvalue weighted by Gasteiger charge is -2.13. The summed E-state index contributed by atoms with van der Waals surface area (Å²) in [5.74, 6) is 0.236. The second-order valence-corrected chi connectivity index (χ2v) is 5.86. The number of hydrogen-bond donors (Lipinski definition) is 3. The molecule has 1 aliphatic rings. The van der Waals surface area contributed by atoms with Crippen molar-refractivity contribution >= 4 is 38.7 Å². The minimum absolute atomic E-state index is 0.102. The summed E-state index contributed by atoms with van der Waals surface area (Å²) in [5.41, 5.74) is 1.64. The Bertz CT molecular complexity index is 1050. The van der Waals surface area contributed by atoms with E-state index in [0.717, 1.165) is 6.42 Å². The molecule has 4 heteroatoms. The minimum Gasteiger partial charge on any atom is -0.507 e. The number of allylic oxidation sites excluding steroid dienone is 2. The SMILES string of the molecule is N=C1CCC=CC1=Nc1cccc2c(O)c3ccccc3c(O)c12. The predicted octanol–water partition coefficient (Wildman–Crippen LogP) is 4.85. The average Bonchev–Trinajstić information content (AvgIpc) is 2.61. The van der Waals surface area contributed by atoms with Crippen molar-refractivity contribution in [2.24, 2.45) is 4.99 Å². The van der Waals surface area contributed by atoms with Crippen LogP contribution in [0.3, 0.4) is 0 Å². The molecule has 0 fully saturated rings. The van der Waals surface area contributed by atoms with Gasteiger partial charge in [0.1, 0.15) is 11.5 Å². The molecule has 118 valence electrons. The fourth-order valence-electron chi connectivity index (χ4n) is 3.14. The molecule has 1 aliphatic carbocycles. The second-order valence-electron chi connectivity index (χ2n) is 5.86. The molecule has 0 spiro atoms. The van der Waals surface area contributed by atoms with E-state index in [1.54, 1.807) is 30.3 Å². The summed E-state index contributed by atoms with van der Waals surface area (Å²) >= 11 is 0. The normalized spacial score (nSPS) is 16.3. The van der Waals surface area contributed by atoms with Crippen LogP contribution in [0.15, 0.2) is 59.6 Å². The minimum atomic E-state index is 0.102. The zero-order valence-corrected chi connectivity index (χ0v) is 13.0. The van der Waals surface area contributed by atoms with Gasteiger partial charge in [-0.1, -0.05) is 42.5 Å². The molecule has 4 rings (SSSR count). The molecule has 3 N–H and O–H groups in total. The highest BCUT2D eigenvalue weighted by molar-refractivity contribution is 6.46. The van der Waals surface area contributed by atoms with E-state index < -0.39 is 0 Å². The number of fused-ring (bicyclic) bond motifs is 2. The van der Waals surface area contributed by atoms with Crippen LogP contribution in [-0.4, -0.2) is 21.6 Å². The van der Waals surface area contributed by atoms with E-state index in [0.29, 0.717) is 45.1 Å². The lowest BCUT2D eigenvalue weighted by atomic mass is 9.99. The third-order valence-electron chi connectivity index (χ3n) is 4.36. The number of rotatable bonds is 1. The molecule has 3 aromatic rings. The number of hydrogen-bond acceptors (Lipinski definition) is 4. The van der Waals surface area contributed by atoms with Crippen molar-refractivity contribution in [1.29, 1.82) is 5.41 Å². The smallest absolute Gasteiger partial charge is 0.133 e. The number of nitrogens with zero attached hydrogens (tertiary/aromatic N) is 1. The first kappa shape index (κ1) is 14.5. The van der Waals surface area contributed by atoms with Crippen molar-refractivity contribution in [1.82, 2.24) is 0 Å². The van der Waals surface area contributed by atoms with Crippen molar-refractivity contribution in [3.63, 3.8) is 0 Å². The van der Waals surface area contributed by atoms with Crippen molar-refractivity contribution in [3.8, 4) is 11.5 Å². The molecule has 0 saturated carbocycles. The van der Waals surface area contributed by atoms with Crippen molar-refractivity contribution in [2.45, 2.75) is 12.8 Å². The van der Waals surface area contributed by atoms with Crippen LogP contribution in [0.5, 0.6) is 11.5 Å². The van der Waals surface area contributed by atoms with Crippen LogP contribution >= 0.6 is 0 Å². The maximum atomic E-state index is 10.8. The van der Waals surface area contributed by atoms with E-state index in [1.165, 1.54) is 0 Å². The summed E-state index contributed by atoms with van der Waals surface area (Å²) < 4.78 is 0. The molecule has 0 bridgehead atoms. The van der Waals surface area contributed by atoms with Gasteiger partial charge in [-0.3, -0.25) is 0 Å². The summed E-state index contributed by atoms with van der Waals surface area (Å²) in [7, 11) is 0. The molecule has 0 atom stereocenters. The van der Waals surface area contributed by atoms with Crippen LogP contribution < -0.4 is 0 Å². The highest BCUT2D eigenvalue weighted by Crippen LogP contribution is 2.45. The van der Waals surface area contributed by atoms with E-state index in [-0.39, 0.29) is 11.5 Å². The van der Waals surface area contributed by atoms with E-state index in [4.69, 9.17) is 5.41 Å². The van der Waals surface area contributed by atoms with E-state index >= 15 is 0 Å². The molecule has 0 aromatic heterocycles. The van der Waals surface area contributed by atoms with Gasteiger partial charge in [0, 0.05) is 16.2 Å². The van der Waals surface area contributed by atoms with E-state index in [1.807, 2.05) is 24.3 Å². The highest BCUT2D eigenvalue weighted by atomic mass is 16.3. The third kappa shape index (κ3) is 2.15. The van der Waals surface area contributed by atoms with Gasteiger partial charge in [-0.05, 0) is 25.0 Å². The lowest BCUT2D eigenvalue weighted by molar-refractivity contribution is 0.478. The Morgan fingerprint density at radius 2 is 1.58 bits per heavy atom. The summed E-state index contributed by atoms with van der Waals surface area (Å²) in [6, 6.07) is 12.6. The number of phenolic OH excluding ortho intramolecular Hbond substituents is 2. The van der Waals surface area contributed by atoms with Gasteiger partial charge < -0.3 is 15.6 Å². The Morgan fingerprint density at radius 1 is 0.875 bits per heavy atom. The van der Waals surface area contributed by atoms with Gasteiger partial charge in [0.15, 0.2) is 0 Å². The topological polar surface area (TPSA) is 76.7 Å². The van der Waals surface area contributed by atoms with Crippen LogP contribution in [0.2, 0.25) is 0 Å². The molecular weight excluding hydrogens is 300 g/mol. The zero-order valence-electron chi connectivity index (χ0n) is 13.0. The van der Waals surface area contributed by atoms with Gasteiger partial charge in [-0.25, -0.2) is 4.99 Å². The monoisotopic (exact) mass is 316 g/mol. The van der Waals surface area contributed by atoms with Gasteiger partial charge in [-0.15, -0.1) is 0 Å². The average molecular weight is 316 g/mol. The molecule has 3 aromatic carbocycles. The summed E-state index contributed by atoms with van der Waals surface area (Å²) in [6.07, 6.45) is 5.35. The van der Waals surface area contributed by atoms with Crippen molar-refractivity contribution in [3.05, 3.63) is 54.6 Å². The van der Waals surface area contributed by atoms with Crippen LogP contribution in [0.1, 0.15) is 12.8 Å². The number of phenols is 2. The predicted molar refractivity (Wildman–Crippen MR) is 98.0 cm³/mol. The number of benzene rings is 3. The van der Waals surface area contributed by atoms with Crippen molar-refractivity contribution in [2.75, 3.05) is 0 Å². The van der Waals surface area contributed by atoms with E-state index in [9.17, 15) is 10.2 Å². The summed E-state index contributed by atoms with van der Waals surface area (Å²) in [5, 5.41) is 31.7. The fraction of sp³-hybridized carbons (Fsp3) is 0.100. The lowest BCUT2D eigenvalue weighted by Crippen LogP contribution is -2.13. The highest BCUT2D eigenvalue weighted by Gasteiger charge is 2.16. The Kier molecular flexibility index (Phi) is 3.31. The van der Waals surface area contributed by atoms with Crippen LogP contribution in [0.4, 0.5) is 5.69 Å². The first-order chi connectivity index (χ1) is 11.7. The summed E-state index contributed by atoms with van der Waals surface area (Å²) in [4.78, 5) is 4.57. The molecule has 0 unspecified atom stereocenters. The van der Waals surface area contributed by atoms with Gasteiger partial charge in [0.2, 0.25) is 0 Å². The largest absolute Gasteiger partial charge is 0.507 e. The molecule has 4 nitrogen and oxygen atoms in total. The Morgan fingerprint density at radius 3 is 2.33 bits per heavy atom. The Labute approximate surface area is 138 Å². The third-order valence-corrected chi connectivity index (χ3v) is 4.36. The molecule has 24 heavy (non-hydrogen) atoms. The molecule has 0 amide bonds. The maximum Gasteiger partial charge on any atom is 0.133 e. The van der Waals surface area contributed by atoms with E-state index in [2.05, 4.69) is 4.99 Å². The van der Waals surface area contributed by atoms with Crippen molar-refractivity contribution < 1.29 is 10.2 Å². The molecular formula is C20H16N2O2. The molecule has 0 aliphatic heterocycles. The first-order valence-electron chi connectivity index (χ1n) is 7.85. The van der Waals surface area contributed by atoms with Crippen LogP contribution in [-0.2, 0) is 0 Å². The zero-order chi connectivity index (χ0) is 16.7. The number of aliphatic imine (C=N–C) groups is 1. The van der Waals surface area contributed by atoms with Crippen LogP contribution in [0, 0.1) is 5.41 Å².